The average molecular weight is 312 g/mol. The molecule has 0 aliphatic rings. The molecule has 2 aromatic carbocycles. The van der Waals surface area contributed by atoms with Gasteiger partial charge in [-0.25, -0.2) is 9.37 Å². The van der Waals surface area contributed by atoms with Crippen LogP contribution in [0.2, 0.25) is 0 Å². The fourth-order valence-electron chi connectivity index (χ4n) is 2.32. The SMILES string of the molecule is Oc1[nH]c2ccc3ncsc3c2c1N=Nc1cccc(F)c1. The molecule has 2 heterocycles. The lowest BCUT2D eigenvalue weighted by atomic mass is 10.2. The molecule has 4 rings (SSSR count). The summed E-state index contributed by atoms with van der Waals surface area (Å²) in [5.41, 5.74) is 4.03. The highest BCUT2D eigenvalue weighted by atomic mass is 32.1. The number of thiazole rings is 1. The summed E-state index contributed by atoms with van der Waals surface area (Å²) < 4.78 is 14.1. The molecule has 0 atom stereocenters. The number of rotatable bonds is 2. The maximum Gasteiger partial charge on any atom is 0.218 e. The molecular weight excluding hydrogens is 303 g/mol. The van der Waals surface area contributed by atoms with E-state index < -0.39 is 0 Å². The van der Waals surface area contributed by atoms with Crippen LogP contribution < -0.4 is 0 Å². The Hall–Kier alpha value is -2.80. The van der Waals surface area contributed by atoms with Crippen molar-refractivity contribution >= 4 is 43.8 Å². The van der Waals surface area contributed by atoms with Gasteiger partial charge in [0.25, 0.3) is 0 Å². The first-order chi connectivity index (χ1) is 10.7. The third-order valence-electron chi connectivity index (χ3n) is 3.29. The summed E-state index contributed by atoms with van der Waals surface area (Å²) in [7, 11) is 0. The number of nitrogens with zero attached hydrogens (tertiary/aromatic N) is 3. The van der Waals surface area contributed by atoms with E-state index in [1.807, 2.05) is 12.1 Å². The predicted octanol–water partition coefficient (Wildman–Crippen LogP) is 5.04. The first-order valence-electron chi connectivity index (χ1n) is 6.46. The zero-order chi connectivity index (χ0) is 15.1. The standard InChI is InChI=1S/C15H9FN4OS/c16-8-2-1-3-9(6-8)19-20-13-12-10(18-15(13)21)4-5-11-14(12)22-7-17-11/h1-7,18,21H. The largest absolute Gasteiger partial charge is 0.493 e. The molecule has 0 unspecified atom stereocenters. The zero-order valence-electron chi connectivity index (χ0n) is 11.1. The first-order valence-corrected chi connectivity index (χ1v) is 7.34. The van der Waals surface area contributed by atoms with Gasteiger partial charge in [-0.15, -0.1) is 16.5 Å². The van der Waals surface area contributed by atoms with Crippen LogP contribution in [0.3, 0.4) is 0 Å². The predicted molar refractivity (Wildman–Crippen MR) is 83.7 cm³/mol. The number of halogens is 1. The van der Waals surface area contributed by atoms with Gasteiger partial charge in [-0.1, -0.05) is 6.07 Å². The number of nitrogens with one attached hydrogen (secondary N) is 1. The van der Waals surface area contributed by atoms with Gasteiger partial charge in [0.05, 0.1) is 32.3 Å². The monoisotopic (exact) mass is 312 g/mol. The highest BCUT2D eigenvalue weighted by Crippen LogP contribution is 2.41. The smallest absolute Gasteiger partial charge is 0.218 e. The number of aromatic nitrogens is 2. The van der Waals surface area contributed by atoms with Crippen molar-refractivity contribution < 1.29 is 9.50 Å². The van der Waals surface area contributed by atoms with Crippen molar-refractivity contribution in [3.63, 3.8) is 0 Å². The van der Waals surface area contributed by atoms with E-state index in [0.29, 0.717) is 11.4 Å². The Morgan fingerprint density at radius 1 is 1.18 bits per heavy atom. The number of aromatic amines is 1. The lowest BCUT2D eigenvalue weighted by Crippen LogP contribution is -1.71. The number of fused-ring (bicyclic) bond motifs is 3. The first kappa shape index (κ1) is 12.9. The second-order valence-corrected chi connectivity index (χ2v) is 5.55. The molecule has 108 valence electrons. The highest BCUT2D eigenvalue weighted by Gasteiger charge is 2.15. The topological polar surface area (TPSA) is 73.6 Å². The maximum absolute atomic E-state index is 13.2. The Morgan fingerprint density at radius 3 is 2.95 bits per heavy atom. The number of azo groups is 1. The molecular formula is C15H9FN4OS. The minimum absolute atomic E-state index is 0.0731. The van der Waals surface area contributed by atoms with E-state index in [0.717, 1.165) is 21.1 Å². The molecule has 5 nitrogen and oxygen atoms in total. The molecule has 0 saturated heterocycles. The van der Waals surface area contributed by atoms with Gasteiger partial charge in [-0.05, 0) is 24.3 Å². The fourth-order valence-corrected chi connectivity index (χ4v) is 3.15. The van der Waals surface area contributed by atoms with Crippen molar-refractivity contribution in [2.45, 2.75) is 0 Å². The van der Waals surface area contributed by atoms with Crippen LogP contribution in [0.1, 0.15) is 0 Å². The van der Waals surface area contributed by atoms with Crippen molar-refractivity contribution in [1.82, 2.24) is 9.97 Å². The molecule has 0 saturated carbocycles. The van der Waals surface area contributed by atoms with Gasteiger partial charge in [-0.3, -0.25) is 0 Å². The molecule has 0 aliphatic heterocycles. The van der Waals surface area contributed by atoms with Gasteiger partial charge in [0, 0.05) is 6.07 Å². The molecule has 0 amide bonds. The quantitative estimate of drug-likeness (QED) is 0.509. The van der Waals surface area contributed by atoms with Crippen molar-refractivity contribution in [2.75, 3.05) is 0 Å². The molecule has 0 radical (unpaired) electrons. The second-order valence-electron chi connectivity index (χ2n) is 4.69. The van der Waals surface area contributed by atoms with Crippen LogP contribution in [-0.4, -0.2) is 15.1 Å². The number of H-pyrrole nitrogens is 1. The summed E-state index contributed by atoms with van der Waals surface area (Å²) in [5.74, 6) is -0.458. The van der Waals surface area contributed by atoms with Crippen LogP contribution in [0.25, 0.3) is 21.1 Å². The van der Waals surface area contributed by atoms with Crippen LogP contribution in [0.5, 0.6) is 5.88 Å². The third-order valence-corrected chi connectivity index (χ3v) is 4.15. The molecule has 4 aromatic rings. The molecule has 0 aliphatic carbocycles. The molecule has 22 heavy (non-hydrogen) atoms. The summed E-state index contributed by atoms with van der Waals surface area (Å²) in [6, 6.07) is 9.51. The number of hydrogen-bond acceptors (Lipinski definition) is 5. The van der Waals surface area contributed by atoms with E-state index in [1.165, 1.54) is 23.5 Å². The third kappa shape index (κ3) is 2.03. The molecule has 0 spiro atoms. The van der Waals surface area contributed by atoms with Gasteiger partial charge in [0.1, 0.15) is 5.82 Å². The van der Waals surface area contributed by atoms with Gasteiger partial charge in [-0.2, -0.15) is 5.11 Å². The van der Waals surface area contributed by atoms with Crippen molar-refractivity contribution in [3.8, 4) is 5.88 Å². The van der Waals surface area contributed by atoms with Crippen molar-refractivity contribution in [2.24, 2.45) is 10.2 Å². The Bertz CT molecular complexity index is 1020. The summed E-state index contributed by atoms with van der Waals surface area (Å²) in [6.45, 7) is 0. The van der Waals surface area contributed by atoms with Gasteiger partial charge in [0.15, 0.2) is 5.69 Å². The van der Waals surface area contributed by atoms with E-state index in [1.54, 1.807) is 17.6 Å². The van der Waals surface area contributed by atoms with Crippen LogP contribution >= 0.6 is 11.3 Å². The van der Waals surface area contributed by atoms with Crippen LogP contribution in [-0.2, 0) is 0 Å². The number of aromatic hydroxyl groups is 1. The Morgan fingerprint density at radius 2 is 2.09 bits per heavy atom. The van der Waals surface area contributed by atoms with E-state index in [9.17, 15) is 9.50 Å². The van der Waals surface area contributed by atoms with E-state index in [4.69, 9.17) is 0 Å². The lowest BCUT2D eigenvalue weighted by Gasteiger charge is -1.95. The van der Waals surface area contributed by atoms with Crippen LogP contribution in [0.15, 0.2) is 52.1 Å². The van der Waals surface area contributed by atoms with Gasteiger partial charge < -0.3 is 10.1 Å². The summed E-state index contributed by atoms with van der Waals surface area (Å²) in [4.78, 5) is 7.11. The fraction of sp³-hybridized carbons (Fsp3) is 0. The van der Waals surface area contributed by atoms with E-state index in [2.05, 4.69) is 20.2 Å². The Balaban J connectivity index is 1.90. The van der Waals surface area contributed by atoms with Crippen molar-refractivity contribution in [3.05, 3.63) is 47.7 Å². The normalized spacial score (nSPS) is 11.9. The highest BCUT2D eigenvalue weighted by molar-refractivity contribution is 7.17. The van der Waals surface area contributed by atoms with Crippen LogP contribution in [0.4, 0.5) is 15.8 Å². The maximum atomic E-state index is 13.2. The second kappa shape index (κ2) is 4.88. The minimum atomic E-state index is -0.385. The van der Waals surface area contributed by atoms with Gasteiger partial charge in [0.2, 0.25) is 5.88 Å². The Kier molecular flexibility index (Phi) is 2.87. The summed E-state index contributed by atoms with van der Waals surface area (Å²) in [6.07, 6.45) is 0. The lowest BCUT2D eigenvalue weighted by molar-refractivity contribution is 0.459. The van der Waals surface area contributed by atoms with Crippen molar-refractivity contribution in [1.29, 1.82) is 0 Å². The minimum Gasteiger partial charge on any atom is -0.493 e. The molecule has 7 heteroatoms. The molecule has 0 fully saturated rings. The number of hydrogen-bond donors (Lipinski definition) is 2. The summed E-state index contributed by atoms with van der Waals surface area (Å²) >= 11 is 1.46. The molecule has 2 N–H and O–H groups in total. The van der Waals surface area contributed by atoms with E-state index >= 15 is 0 Å². The average Bonchev–Trinajstić information content (AvgIpc) is 3.08. The Labute approximate surface area is 127 Å². The van der Waals surface area contributed by atoms with E-state index in [-0.39, 0.29) is 11.7 Å². The molecule has 2 aromatic heterocycles. The summed E-state index contributed by atoms with van der Waals surface area (Å²) in [5, 5.41) is 18.9. The van der Waals surface area contributed by atoms with Crippen LogP contribution in [0, 0.1) is 5.82 Å². The molecule has 0 bridgehead atoms. The number of benzene rings is 2. The zero-order valence-corrected chi connectivity index (χ0v) is 11.9. The van der Waals surface area contributed by atoms with Gasteiger partial charge >= 0.3 is 0 Å².